The summed E-state index contributed by atoms with van der Waals surface area (Å²) >= 11 is 0. The first-order valence-electron chi connectivity index (χ1n) is 6.96. The average Bonchev–Trinajstić information content (AvgIpc) is 2.38. The number of nitrogens with zero attached hydrogens (tertiary/aromatic N) is 2. The van der Waals surface area contributed by atoms with Crippen LogP contribution in [0.15, 0.2) is 0 Å². The van der Waals surface area contributed by atoms with Gasteiger partial charge in [-0.05, 0) is 26.2 Å². The van der Waals surface area contributed by atoms with Crippen LogP contribution in [0, 0.1) is 0 Å². The largest absolute Gasteiger partial charge is 0.480 e. The van der Waals surface area contributed by atoms with Crippen molar-refractivity contribution in [2.75, 3.05) is 13.1 Å². The van der Waals surface area contributed by atoms with Crippen molar-refractivity contribution >= 4 is 16.2 Å². The molecule has 1 saturated carbocycles. The van der Waals surface area contributed by atoms with Gasteiger partial charge in [-0.3, -0.25) is 4.79 Å². The Morgan fingerprint density at radius 2 is 1.79 bits per heavy atom. The Bertz CT molecular complexity index is 431. The van der Waals surface area contributed by atoms with E-state index >= 15 is 0 Å². The number of hydrogen-bond acceptors (Lipinski definition) is 3. The van der Waals surface area contributed by atoms with Gasteiger partial charge >= 0.3 is 5.97 Å². The van der Waals surface area contributed by atoms with Crippen LogP contribution in [0.2, 0.25) is 0 Å². The molecule has 1 aliphatic carbocycles. The maximum absolute atomic E-state index is 12.5. The first-order valence-corrected chi connectivity index (χ1v) is 8.35. The smallest absolute Gasteiger partial charge is 0.321 e. The summed E-state index contributed by atoms with van der Waals surface area (Å²) in [6.07, 6.45) is 5.78. The number of carbonyl (C=O) groups is 1. The van der Waals surface area contributed by atoms with Crippen LogP contribution >= 0.6 is 0 Å². The molecule has 2 aliphatic rings. The monoisotopic (exact) mass is 290 g/mol. The molecule has 1 saturated heterocycles. The highest BCUT2D eigenvalue weighted by atomic mass is 32.2. The summed E-state index contributed by atoms with van der Waals surface area (Å²) in [7, 11) is -3.62. The normalized spacial score (nSPS) is 28.1. The van der Waals surface area contributed by atoms with Gasteiger partial charge in [-0.25, -0.2) is 0 Å². The summed E-state index contributed by atoms with van der Waals surface area (Å²) in [6.45, 7) is 2.26. The predicted molar refractivity (Wildman–Crippen MR) is 70.9 cm³/mol. The van der Waals surface area contributed by atoms with E-state index in [1.165, 1.54) is 17.6 Å². The van der Waals surface area contributed by atoms with Crippen molar-refractivity contribution in [2.45, 2.75) is 57.5 Å². The Morgan fingerprint density at radius 1 is 1.16 bits per heavy atom. The van der Waals surface area contributed by atoms with Crippen molar-refractivity contribution in [1.82, 2.24) is 8.61 Å². The van der Waals surface area contributed by atoms with Gasteiger partial charge in [-0.1, -0.05) is 19.3 Å². The van der Waals surface area contributed by atoms with Crippen LogP contribution in [-0.4, -0.2) is 53.3 Å². The minimum absolute atomic E-state index is 0.0579. The average molecular weight is 290 g/mol. The van der Waals surface area contributed by atoms with Gasteiger partial charge in [0.15, 0.2) is 0 Å². The summed E-state index contributed by atoms with van der Waals surface area (Å²) in [6, 6.07) is -0.932. The molecule has 7 heteroatoms. The zero-order valence-electron chi connectivity index (χ0n) is 11.3. The molecule has 0 aromatic heterocycles. The van der Waals surface area contributed by atoms with Gasteiger partial charge in [0, 0.05) is 19.1 Å². The fraction of sp³-hybridized carbons (Fsp3) is 0.917. The van der Waals surface area contributed by atoms with Gasteiger partial charge in [0.25, 0.3) is 10.2 Å². The van der Waals surface area contributed by atoms with Crippen molar-refractivity contribution in [2.24, 2.45) is 0 Å². The minimum atomic E-state index is -3.62. The van der Waals surface area contributed by atoms with E-state index in [4.69, 9.17) is 5.11 Å². The standard InChI is InChI=1S/C12H22N2O4S/c1-10(12(15)16)13-8-5-9-14(19(13,17)18)11-6-3-2-4-7-11/h10-11H,2-9H2,1H3,(H,15,16). The van der Waals surface area contributed by atoms with Gasteiger partial charge in [0.2, 0.25) is 0 Å². The van der Waals surface area contributed by atoms with Gasteiger partial charge in [-0.15, -0.1) is 0 Å². The lowest BCUT2D eigenvalue weighted by Crippen LogP contribution is -2.57. The Morgan fingerprint density at radius 3 is 2.37 bits per heavy atom. The van der Waals surface area contributed by atoms with Gasteiger partial charge in [0.05, 0.1) is 0 Å². The van der Waals surface area contributed by atoms with Crippen molar-refractivity contribution in [1.29, 1.82) is 0 Å². The fourth-order valence-corrected chi connectivity index (χ4v) is 5.07. The molecule has 0 radical (unpaired) electrons. The number of aliphatic carboxylic acids is 1. The molecule has 1 heterocycles. The highest BCUT2D eigenvalue weighted by Gasteiger charge is 2.42. The lowest BCUT2D eigenvalue weighted by atomic mass is 9.95. The zero-order chi connectivity index (χ0) is 14.0. The molecule has 0 amide bonds. The molecule has 2 rings (SSSR count). The molecule has 110 valence electrons. The van der Waals surface area contributed by atoms with Crippen molar-refractivity contribution in [3.05, 3.63) is 0 Å². The summed E-state index contributed by atoms with van der Waals surface area (Å²) in [5.74, 6) is -1.09. The first kappa shape index (κ1) is 14.7. The van der Waals surface area contributed by atoms with Crippen molar-refractivity contribution in [3.8, 4) is 0 Å². The Hall–Kier alpha value is -0.660. The molecular weight excluding hydrogens is 268 g/mol. The molecule has 0 aromatic rings. The predicted octanol–water partition coefficient (Wildman–Crippen LogP) is 1.04. The molecule has 6 nitrogen and oxygen atoms in total. The van der Waals surface area contributed by atoms with Crippen LogP contribution in [-0.2, 0) is 15.0 Å². The molecular formula is C12H22N2O4S. The summed E-state index contributed by atoms with van der Waals surface area (Å²) in [5, 5.41) is 9.04. The van der Waals surface area contributed by atoms with Gasteiger partial charge in [-0.2, -0.15) is 17.0 Å². The molecule has 0 spiro atoms. The molecule has 0 bridgehead atoms. The highest BCUT2D eigenvalue weighted by Crippen LogP contribution is 2.29. The van der Waals surface area contributed by atoms with E-state index in [0.29, 0.717) is 19.5 Å². The van der Waals surface area contributed by atoms with Crippen LogP contribution in [0.1, 0.15) is 45.4 Å². The zero-order valence-corrected chi connectivity index (χ0v) is 12.1. The number of hydrogen-bond donors (Lipinski definition) is 1. The summed E-state index contributed by atoms with van der Waals surface area (Å²) in [5.41, 5.74) is 0. The Labute approximate surface area is 114 Å². The van der Waals surface area contributed by atoms with E-state index in [9.17, 15) is 13.2 Å². The third kappa shape index (κ3) is 2.93. The molecule has 0 aromatic carbocycles. The van der Waals surface area contributed by atoms with Gasteiger partial charge in [0.1, 0.15) is 6.04 Å². The summed E-state index contributed by atoms with van der Waals surface area (Å²) < 4.78 is 27.8. The second-order valence-corrected chi connectivity index (χ2v) is 7.22. The molecule has 1 aliphatic heterocycles. The Kier molecular flexibility index (Phi) is 4.47. The van der Waals surface area contributed by atoms with E-state index in [1.54, 1.807) is 0 Å². The molecule has 1 unspecified atom stereocenters. The van der Waals surface area contributed by atoms with Crippen LogP contribution in [0.5, 0.6) is 0 Å². The SMILES string of the molecule is CC(C(=O)O)N1CCCN(C2CCCCC2)S1(=O)=O. The van der Waals surface area contributed by atoms with E-state index in [0.717, 1.165) is 30.0 Å². The summed E-state index contributed by atoms with van der Waals surface area (Å²) in [4.78, 5) is 11.0. The van der Waals surface area contributed by atoms with Crippen LogP contribution in [0.3, 0.4) is 0 Å². The maximum Gasteiger partial charge on any atom is 0.321 e. The van der Waals surface area contributed by atoms with E-state index < -0.39 is 22.2 Å². The van der Waals surface area contributed by atoms with Crippen LogP contribution in [0.25, 0.3) is 0 Å². The van der Waals surface area contributed by atoms with Crippen LogP contribution < -0.4 is 0 Å². The first-order chi connectivity index (χ1) is 8.94. The fourth-order valence-electron chi connectivity index (χ4n) is 3.00. The maximum atomic E-state index is 12.5. The van der Waals surface area contributed by atoms with E-state index in [-0.39, 0.29) is 6.04 Å². The molecule has 1 N–H and O–H groups in total. The third-order valence-electron chi connectivity index (χ3n) is 4.12. The second-order valence-electron chi connectivity index (χ2n) is 5.39. The number of rotatable bonds is 3. The second kappa shape index (κ2) is 5.76. The molecule has 1 atom stereocenters. The Balaban J connectivity index is 2.19. The molecule has 19 heavy (non-hydrogen) atoms. The van der Waals surface area contributed by atoms with Crippen LogP contribution in [0.4, 0.5) is 0 Å². The minimum Gasteiger partial charge on any atom is -0.480 e. The number of carboxylic acid groups (broad SMARTS) is 1. The third-order valence-corrected chi connectivity index (χ3v) is 6.29. The quantitative estimate of drug-likeness (QED) is 0.842. The van der Waals surface area contributed by atoms with Crippen molar-refractivity contribution < 1.29 is 18.3 Å². The van der Waals surface area contributed by atoms with Crippen molar-refractivity contribution in [3.63, 3.8) is 0 Å². The topological polar surface area (TPSA) is 77.9 Å². The number of carboxylic acids is 1. The molecule has 2 fully saturated rings. The van der Waals surface area contributed by atoms with Gasteiger partial charge < -0.3 is 5.11 Å². The lowest BCUT2D eigenvalue weighted by Gasteiger charge is -2.41. The van der Waals surface area contributed by atoms with E-state index in [2.05, 4.69) is 0 Å². The lowest BCUT2D eigenvalue weighted by molar-refractivity contribution is -0.141. The van der Waals surface area contributed by atoms with E-state index in [1.807, 2.05) is 0 Å². The highest BCUT2D eigenvalue weighted by molar-refractivity contribution is 7.86.